The maximum absolute atomic E-state index is 12.1. The minimum atomic E-state index is -0.820. The number of esters is 1. The van der Waals surface area contributed by atoms with Gasteiger partial charge in [-0.05, 0) is 17.7 Å². The Bertz CT molecular complexity index is 826. The predicted molar refractivity (Wildman–Crippen MR) is 102 cm³/mol. The molecule has 0 heterocycles. The summed E-state index contributed by atoms with van der Waals surface area (Å²) in [6, 6.07) is 13.4. The van der Waals surface area contributed by atoms with Crippen molar-refractivity contribution in [3.8, 4) is 0 Å². The molecule has 2 rings (SSSR count). The normalized spacial score (nSPS) is 10.2. The Balaban J connectivity index is 1.99. The number of anilines is 1. The zero-order valence-corrected chi connectivity index (χ0v) is 15.3. The van der Waals surface area contributed by atoms with Crippen molar-refractivity contribution < 1.29 is 24.0 Å². The highest BCUT2D eigenvalue weighted by atomic mass is 16.6. The van der Waals surface area contributed by atoms with Gasteiger partial charge in [-0.25, -0.2) is 4.79 Å². The van der Waals surface area contributed by atoms with Crippen molar-refractivity contribution in [1.29, 1.82) is 0 Å². The first-order chi connectivity index (χ1) is 13.5. The fourth-order valence-electron chi connectivity index (χ4n) is 2.31. The van der Waals surface area contributed by atoms with E-state index in [-0.39, 0.29) is 16.9 Å². The van der Waals surface area contributed by atoms with Gasteiger partial charge in [0.05, 0.1) is 17.1 Å². The average Bonchev–Trinajstić information content (AvgIpc) is 2.71. The SMILES string of the molecule is COCCNC(=O)COC(=O)c1ccc(NCc2ccccc2)c([N+](=O)[O-])c1. The molecular weight excluding hydrogens is 366 g/mol. The zero-order valence-electron chi connectivity index (χ0n) is 15.3. The van der Waals surface area contributed by atoms with Crippen LogP contribution in [0.15, 0.2) is 48.5 Å². The smallest absolute Gasteiger partial charge is 0.338 e. The van der Waals surface area contributed by atoms with Crippen LogP contribution < -0.4 is 10.6 Å². The van der Waals surface area contributed by atoms with Gasteiger partial charge in [0.2, 0.25) is 0 Å². The van der Waals surface area contributed by atoms with Crippen LogP contribution in [-0.2, 0) is 20.8 Å². The third-order valence-electron chi connectivity index (χ3n) is 3.72. The molecule has 0 fully saturated rings. The molecule has 0 aliphatic rings. The van der Waals surface area contributed by atoms with E-state index in [1.165, 1.54) is 19.2 Å². The van der Waals surface area contributed by atoms with Crippen molar-refractivity contribution in [3.05, 3.63) is 69.8 Å². The second-order valence-corrected chi connectivity index (χ2v) is 5.75. The lowest BCUT2D eigenvalue weighted by Gasteiger charge is -2.09. The highest BCUT2D eigenvalue weighted by molar-refractivity contribution is 5.93. The maximum atomic E-state index is 12.1. The summed E-state index contributed by atoms with van der Waals surface area (Å²) in [5.74, 6) is -1.30. The first-order valence-electron chi connectivity index (χ1n) is 8.50. The fraction of sp³-hybridized carbons (Fsp3) is 0.263. The summed E-state index contributed by atoms with van der Waals surface area (Å²) in [4.78, 5) is 34.4. The maximum Gasteiger partial charge on any atom is 0.338 e. The van der Waals surface area contributed by atoms with E-state index in [0.717, 1.165) is 11.6 Å². The molecule has 9 nitrogen and oxygen atoms in total. The second kappa shape index (κ2) is 10.6. The lowest BCUT2D eigenvalue weighted by atomic mass is 10.1. The van der Waals surface area contributed by atoms with Crippen LogP contribution in [0.4, 0.5) is 11.4 Å². The van der Waals surface area contributed by atoms with Crippen molar-refractivity contribution in [1.82, 2.24) is 5.32 Å². The van der Waals surface area contributed by atoms with Gasteiger partial charge < -0.3 is 20.1 Å². The first kappa shape index (κ1) is 20.8. The molecule has 2 aromatic rings. The molecule has 2 N–H and O–H groups in total. The molecule has 0 unspecified atom stereocenters. The van der Waals surface area contributed by atoms with E-state index in [1.807, 2.05) is 30.3 Å². The lowest BCUT2D eigenvalue weighted by Crippen LogP contribution is -2.31. The fourth-order valence-corrected chi connectivity index (χ4v) is 2.31. The number of ether oxygens (including phenoxy) is 2. The van der Waals surface area contributed by atoms with E-state index in [1.54, 1.807) is 0 Å². The molecule has 148 valence electrons. The molecule has 0 radical (unpaired) electrons. The van der Waals surface area contributed by atoms with E-state index in [0.29, 0.717) is 19.7 Å². The van der Waals surface area contributed by atoms with Crippen LogP contribution in [0.3, 0.4) is 0 Å². The highest BCUT2D eigenvalue weighted by Crippen LogP contribution is 2.26. The van der Waals surface area contributed by atoms with Crippen molar-refractivity contribution in [2.45, 2.75) is 6.54 Å². The Morgan fingerprint density at radius 3 is 2.57 bits per heavy atom. The highest BCUT2D eigenvalue weighted by Gasteiger charge is 2.19. The minimum absolute atomic E-state index is 0.0124. The van der Waals surface area contributed by atoms with E-state index in [2.05, 4.69) is 10.6 Å². The number of methoxy groups -OCH3 is 1. The average molecular weight is 387 g/mol. The summed E-state index contributed by atoms with van der Waals surface area (Å²) in [6.07, 6.45) is 0. The molecule has 0 aromatic heterocycles. The van der Waals surface area contributed by atoms with Gasteiger partial charge in [0.15, 0.2) is 6.61 Å². The van der Waals surface area contributed by atoms with Crippen LogP contribution in [0, 0.1) is 10.1 Å². The van der Waals surface area contributed by atoms with Gasteiger partial charge in [0.1, 0.15) is 5.69 Å². The molecule has 0 spiro atoms. The Kier molecular flexibility index (Phi) is 7.92. The Labute approximate surface area is 161 Å². The number of benzene rings is 2. The zero-order chi connectivity index (χ0) is 20.4. The first-order valence-corrected chi connectivity index (χ1v) is 8.50. The van der Waals surface area contributed by atoms with Gasteiger partial charge in [0, 0.05) is 26.3 Å². The summed E-state index contributed by atoms with van der Waals surface area (Å²) in [7, 11) is 1.50. The number of amides is 1. The van der Waals surface area contributed by atoms with Crippen LogP contribution >= 0.6 is 0 Å². The predicted octanol–water partition coefficient (Wildman–Crippen LogP) is 2.13. The number of carbonyl (C=O) groups is 2. The Morgan fingerprint density at radius 2 is 1.89 bits per heavy atom. The molecule has 2 aromatic carbocycles. The molecule has 9 heteroatoms. The van der Waals surface area contributed by atoms with Gasteiger partial charge in [-0.2, -0.15) is 0 Å². The van der Waals surface area contributed by atoms with Crippen LogP contribution in [0.25, 0.3) is 0 Å². The standard InChI is InChI=1S/C19H21N3O6/c1-27-10-9-20-18(23)13-28-19(24)15-7-8-16(17(11-15)22(25)26)21-12-14-5-3-2-4-6-14/h2-8,11,21H,9-10,12-13H2,1H3,(H,20,23). The van der Waals surface area contributed by atoms with Crippen LogP contribution in [0.1, 0.15) is 15.9 Å². The molecule has 0 saturated carbocycles. The summed E-state index contributed by atoms with van der Waals surface area (Å²) < 4.78 is 9.68. The molecule has 0 atom stereocenters. The number of rotatable bonds is 10. The van der Waals surface area contributed by atoms with E-state index in [9.17, 15) is 19.7 Å². The molecule has 0 aliphatic heterocycles. The van der Waals surface area contributed by atoms with Gasteiger partial charge in [-0.15, -0.1) is 0 Å². The number of carbonyl (C=O) groups excluding carboxylic acids is 2. The van der Waals surface area contributed by atoms with Crippen molar-refractivity contribution in [2.75, 3.05) is 32.2 Å². The van der Waals surface area contributed by atoms with Crippen molar-refractivity contribution in [2.24, 2.45) is 0 Å². The summed E-state index contributed by atoms with van der Waals surface area (Å²) in [5.41, 5.74) is 0.971. The Hall–Kier alpha value is -3.46. The topological polar surface area (TPSA) is 120 Å². The number of nitrogens with one attached hydrogen (secondary N) is 2. The van der Waals surface area contributed by atoms with Crippen LogP contribution in [0.2, 0.25) is 0 Å². The van der Waals surface area contributed by atoms with E-state index >= 15 is 0 Å². The van der Waals surface area contributed by atoms with Crippen LogP contribution in [0.5, 0.6) is 0 Å². The van der Waals surface area contributed by atoms with Gasteiger partial charge in [-0.3, -0.25) is 14.9 Å². The Morgan fingerprint density at radius 1 is 1.14 bits per heavy atom. The van der Waals surface area contributed by atoms with E-state index in [4.69, 9.17) is 9.47 Å². The molecule has 0 bridgehead atoms. The molecule has 0 saturated heterocycles. The van der Waals surface area contributed by atoms with E-state index < -0.39 is 23.4 Å². The summed E-state index contributed by atoms with van der Waals surface area (Å²) in [5, 5.41) is 16.8. The second-order valence-electron chi connectivity index (χ2n) is 5.75. The largest absolute Gasteiger partial charge is 0.452 e. The lowest BCUT2D eigenvalue weighted by molar-refractivity contribution is -0.384. The van der Waals surface area contributed by atoms with Crippen LogP contribution in [-0.4, -0.2) is 43.7 Å². The third-order valence-corrected chi connectivity index (χ3v) is 3.72. The summed E-state index contributed by atoms with van der Waals surface area (Å²) >= 11 is 0. The number of hydrogen-bond donors (Lipinski definition) is 2. The van der Waals surface area contributed by atoms with Gasteiger partial charge in [-0.1, -0.05) is 30.3 Å². The number of nitrogens with zero attached hydrogens (tertiary/aromatic N) is 1. The number of nitro groups is 1. The minimum Gasteiger partial charge on any atom is -0.452 e. The third kappa shape index (κ3) is 6.36. The van der Waals surface area contributed by atoms with Crippen molar-refractivity contribution >= 4 is 23.3 Å². The van der Waals surface area contributed by atoms with Crippen molar-refractivity contribution in [3.63, 3.8) is 0 Å². The molecule has 28 heavy (non-hydrogen) atoms. The quantitative estimate of drug-likeness (QED) is 0.277. The summed E-state index contributed by atoms with van der Waals surface area (Å²) in [6.45, 7) is 0.543. The van der Waals surface area contributed by atoms with Gasteiger partial charge in [0.25, 0.3) is 11.6 Å². The number of hydrogen-bond acceptors (Lipinski definition) is 7. The molecule has 0 aliphatic carbocycles. The number of nitro benzene ring substituents is 1. The molecule has 1 amide bonds. The molecular formula is C19H21N3O6. The van der Waals surface area contributed by atoms with Gasteiger partial charge >= 0.3 is 5.97 Å². The monoisotopic (exact) mass is 387 g/mol.